The summed E-state index contributed by atoms with van der Waals surface area (Å²) in [6.07, 6.45) is 1.59. The van der Waals surface area contributed by atoms with E-state index < -0.39 is 6.04 Å². The van der Waals surface area contributed by atoms with Crippen LogP contribution in [0, 0.1) is 0 Å². The van der Waals surface area contributed by atoms with Gasteiger partial charge in [-0.1, -0.05) is 30.3 Å². The van der Waals surface area contributed by atoms with Gasteiger partial charge in [-0.15, -0.1) is 0 Å². The Hall–Kier alpha value is -1.64. The zero-order valence-electron chi connectivity index (χ0n) is 9.88. The molecule has 0 spiro atoms. The van der Waals surface area contributed by atoms with Gasteiger partial charge in [-0.2, -0.15) is 0 Å². The van der Waals surface area contributed by atoms with Gasteiger partial charge in [0, 0.05) is 6.21 Å². The molecule has 0 aliphatic carbocycles. The third-order valence-corrected chi connectivity index (χ3v) is 1.94. The van der Waals surface area contributed by atoms with Gasteiger partial charge in [0.15, 0.2) is 0 Å². The Labute approximate surface area is 96.2 Å². The fraction of sp³-hybridized carbons (Fsp3) is 0.385. The Morgan fingerprint density at radius 2 is 1.88 bits per heavy atom. The lowest BCUT2D eigenvalue weighted by molar-refractivity contribution is -0.148. The highest BCUT2D eigenvalue weighted by Crippen LogP contribution is 2.00. The molecule has 0 N–H and O–H groups in total. The summed E-state index contributed by atoms with van der Waals surface area (Å²) in [6.45, 7) is 5.38. The van der Waals surface area contributed by atoms with E-state index in [4.69, 9.17) is 4.74 Å². The SMILES string of the molecule is CC(C)OC(=O)C(C)N=Cc1ccccc1. The first-order chi connectivity index (χ1) is 7.59. The van der Waals surface area contributed by atoms with Gasteiger partial charge in [-0.25, -0.2) is 4.79 Å². The van der Waals surface area contributed by atoms with Crippen molar-refractivity contribution in [3.05, 3.63) is 35.9 Å². The highest BCUT2D eigenvalue weighted by Gasteiger charge is 2.13. The van der Waals surface area contributed by atoms with E-state index in [1.54, 1.807) is 13.1 Å². The number of ether oxygens (including phenoxy) is 1. The second kappa shape index (κ2) is 6.05. The molecule has 0 fully saturated rings. The zero-order valence-corrected chi connectivity index (χ0v) is 9.88. The van der Waals surface area contributed by atoms with Gasteiger partial charge in [0.25, 0.3) is 0 Å². The van der Waals surface area contributed by atoms with Crippen LogP contribution in [0.2, 0.25) is 0 Å². The molecule has 0 radical (unpaired) electrons. The van der Waals surface area contributed by atoms with Crippen LogP contribution in [-0.4, -0.2) is 24.3 Å². The van der Waals surface area contributed by atoms with Crippen LogP contribution < -0.4 is 0 Å². The van der Waals surface area contributed by atoms with Crippen LogP contribution in [0.1, 0.15) is 26.3 Å². The molecule has 0 bridgehead atoms. The fourth-order valence-corrected chi connectivity index (χ4v) is 1.13. The topological polar surface area (TPSA) is 38.7 Å². The summed E-state index contributed by atoms with van der Waals surface area (Å²) in [5.74, 6) is -0.290. The van der Waals surface area contributed by atoms with Crippen LogP contribution in [0.4, 0.5) is 0 Å². The smallest absolute Gasteiger partial charge is 0.330 e. The molecule has 1 aromatic rings. The Balaban J connectivity index is 2.54. The summed E-state index contributed by atoms with van der Waals surface area (Å²) in [4.78, 5) is 15.6. The Morgan fingerprint density at radius 3 is 2.44 bits per heavy atom. The molecule has 0 heterocycles. The monoisotopic (exact) mass is 219 g/mol. The van der Waals surface area contributed by atoms with Crippen LogP contribution in [0.5, 0.6) is 0 Å². The van der Waals surface area contributed by atoms with Gasteiger partial charge in [-0.05, 0) is 26.3 Å². The highest BCUT2D eigenvalue weighted by molar-refractivity contribution is 5.83. The van der Waals surface area contributed by atoms with E-state index in [1.807, 2.05) is 44.2 Å². The van der Waals surface area contributed by atoms with Crippen molar-refractivity contribution in [2.24, 2.45) is 4.99 Å². The number of benzene rings is 1. The van der Waals surface area contributed by atoms with E-state index in [-0.39, 0.29) is 12.1 Å². The van der Waals surface area contributed by atoms with E-state index in [0.29, 0.717) is 0 Å². The van der Waals surface area contributed by atoms with Crippen LogP contribution in [0.25, 0.3) is 0 Å². The summed E-state index contributed by atoms with van der Waals surface area (Å²) in [7, 11) is 0. The number of carbonyl (C=O) groups is 1. The Kier molecular flexibility index (Phi) is 4.70. The Bertz CT molecular complexity index is 357. The molecular weight excluding hydrogens is 202 g/mol. The number of esters is 1. The summed E-state index contributed by atoms with van der Waals surface area (Å²) >= 11 is 0. The summed E-state index contributed by atoms with van der Waals surface area (Å²) in [5.41, 5.74) is 0.978. The quantitative estimate of drug-likeness (QED) is 0.576. The maximum Gasteiger partial charge on any atom is 0.330 e. The molecule has 1 atom stereocenters. The van der Waals surface area contributed by atoms with E-state index in [0.717, 1.165) is 5.56 Å². The van der Waals surface area contributed by atoms with E-state index in [9.17, 15) is 4.79 Å². The zero-order chi connectivity index (χ0) is 12.0. The largest absolute Gasteiger partial charge is 0.461 e. The van der Waals surface area contributed by atoms with Crippen molar-refractivity contribution in [2.45, 2.75) is 32.9 Å². The maximum absolute atomic E-state index is 11.4. The number of hydrogen-bond acceptors (Lipinski definition) is 3. The van der Waals surface area contributed by atoms with Crippen molar-refractivity contribution in [2.75, 3.05) is 0 Å². The number of rotatable bonds is 4. The average Bonchev–Trinajstić information content (AvgIpc) is 2.26. The first-order valence-electron chi connectivity index (χ1n) is 5.38. The van der Waals surface area contributed by atoms with Crippen molar-refractivity contribution in [1.82, 2.24) is 0 Å². The first-order valence-corrected chi connectivity index (χ1v) is 5.38. The minimum Gasteiger partial charge on any atom is -0.461 e. The lowest BCUT2D eigenvalue weighted by atomic mass is 10.2. The molecule has 0 aliphatic heterocycles. The minimum atomic E-state index is -0.456. The van der Waals surface area contributed by atoms with Crippen LogP contribution in [0.15, 0.2) is 35.3 Å². The van der Waals surface area contributed by atoms with E-state index >= 15 is 0 Å². The number of carbonyl (C=O) groups excluding carboxylic acids is 1. The molecule has 1 aromatic carbocycles. The summed E-state index contributed by atoms with van der Waals surface area (Å²) < 4.78 is 5.05. The van der Waals surface area contributed by atoms with Gasteiger partial charge < -0.3 is 4.74 Å². The molecule has 1 unspecified atom stereocenters. The number of nitrogens with zero attached hydrogens (tertiary/aromatic N) is 1. The minimum absolute atomic E-state index is 0.0955. The molecule has 0 saturated heterocycles. The van der Waals surface area contributed by atoms with Crippen LogP contribution >= 0.6 is 0 Å². The third-order valence-electron chi connectivity index (χ3n) is 1.94. The molecule has 0 aliphatic rings. The normalized spacial score (nSPS) is 13.0. The van der Waals surface area contributed by atoms with Gasteiger partial charge in [0.1, 0.15) is 6.04 Å². The predicted octanol–water partition coefficient (Wildman–Crippen LogP) is 2.45. The maximum atomic E-state index is 11.4. The van der Waals surface area contributed by atoms with Gasteiger partial charge in [0.05, 0.1) is 6.10 Å². The molecule has 0 aromatic heterocycles. The molecule has 3 nitrogen and oxygen atoms in total. The lowest BCUT2D eigenvalue weighted by Gasteiger charge is -2.10. The van der Waals surface area contributed by atoms with Crippen molar-refractivity contribution < 1.29 is 9.53 Å². The van der Waals surface area contributed by atoms with Crippen molar-refractivity contribution in [3.8, 4) is 0 Å². The Morgan fingerprint density at radius 1 is 1.25 bits per heavy atom. The molecule has 86 valence electrons. The lowest BCUT2D eigenvalue weighted by Crippen LogP contribution is -2.21. The molecule has 1 rings (SSSR count). The summed E-state index contributed by atoms with van der Waals surface area (Å²) in [5, 5.41) is 0. The van der Waals surface area contributed by atoms with Gasteiger partial charge >= 0.3 is 5.97 Å². The second-order valence-electron chi connectivity index (χ2n) is 3.85. The van der Waals surface area contributed by atoms with Crippen molar-refractivity contribution in [3.63, 3.8) is 0 Å². The third kappa shape index (κ3) is 4.26. The highest BCUT2D eigenvalue weighted by atomic mass is 16.5. The molecule has 0 saturated carbocycles. The van der Waals surface area contributed by atoms with Crippen LogP contribution in [0.3, 0.4) is 0 Å². The standard InChI is InChI=1S/C13H17NO2/c1-10(2)16-13(15)11(3)14-9-12-7-5-4-6-8-12/h4-11H,1-3H3. The molecule has 0 amide bonds. The number of hydrogen-bond donors (Lipinski definition) is 0. The molecule has 3 heteroatoms. The van der Waals surface area contributed by atoms with Crippen LogP contribution in [-0.2, 0) is 9.53 Å². The molecule has 16 heavy (non-hydrogen) atoms. The average molecular weight is 219 g/mol. The second-order valence-corrected chi connectivity index (χ2v) is 3.85. The molecular formula is C13H17NO2. The number of aliphatic imine (C=N–C) groups is 1. The predicted molar refractivity (Wildman–Crippen MR) is 64.7 cm³/mol. The van der Waals surface area contributed by atoms with Gasteiger partial charge in [-0.3, -0.25) is 4.99 Å². The van der Waals surface area contributed by atoms with E-state index in [1.165, 1.54) is 0 Å². The van der Waals surface area contributed by atoms with Crippen molar-refractivity contribution >= 4 is 12.2 Å². The van der Waals surface area contributed by atoms with Crippen molar-refractivity contribution in [1.29, 1.82) is 0 Å². The fourth-order valence-electron chi connectivity index (χ4n) is 1.13. The first kappa shape index (κ1) is 12.4. The summed E-state index contributed by atoms with van der Waals surface area (Å²) in [6, 6.07) is 9.21. The van der Waals surface area contributed by atoms with Gasteiger partial charge in [0.2, 0.25) is 0 Å². The van der Waals surface area contributed by atoms with E-state index in [2.05, 4.69) is 4.99 Å².